The Morgan fingerprint density at radius 3 is 3.05 bits per heavy atom. The minimum atomic E-state index is -0.417. The number of hydrogen-bond acceptors (Lipinski definition) is 4. The highest BCUT2D eigenvalue weighted by molar-refractivity contribution is 7.09. The third kappa shape index (κ3) is 4.85. The maximum Gasteiger partial charge on any atom is 0.0897 e. The highest BCUT2D eigenvalue weighted by atomic mass is 32.1. The molecule has 4 heteroatoms. The van der Waals surface area contributed by atoms with E-state index in [2.05, 4.69) is 25.2 Å². The van der Waals surface area contributed by atoms with Gasteiger partial charge in [-0.3, -0.25) is 0 Å². The lowest BCUT2D eigenvalue weighted by Gasteiger charge is -2.35. The van der Waals surface area contributed by atoms with Crippen molar-refractivity contribution >= 4 is 11.3 Å². The summed E-state index contributed by atoms with van der Waals surface area (Å²) in [6.45, 7) is 6.29. The second-order valence-corrected chi connectivity index (χ2v) is 7.06. The Morgan fingerprint density at radius 2 is 2.30 bits per heavy atom. The number of aliphatic hydroxyl groups excluding tert-OH is 1. The molecule has 0 bridgehead atoms. The normalized spacial score (nSPS) is 28.4. The summed E-state index contributed by atoms with van der Waals surface area (Å²) in [5, 5.41) is 15.5. The third-order valence-electron chi connectivity index (χ3n) is 4.46. The van der Waals surface area contributed by atoms with Crippen molar-refractivity contribution in [3.63, 3.8) is 0 Å². The molecule has 1 aliphatic rings. The van der Waals surface area contributed by atoms with Gasteiger partial charge in [-0.2, -0.15) is 0 Å². The molecular weight excluding hydrogens is 270 g/mol. The van der Waals surface area contributed by atoms with Gasteiger partial charge in [0.2, 0.25) is 0 Å². The van der Waals surface area contributed by atoms with E-state index in [4.69, 9.17) is 4.74 Å². The zero-order valence-electron chi connectivity index (χ0n) is 12.5. The van der Waals surface area contributed by atoms with Gasteiger partial charge in [0.25, 0.3) is 0 Å². The van der Waals surface area contributed by atoms with Crippen LogP contribution in [0.1, 0.15) is 38.0 Å². The van der Waals surface area contributed by atoms with Crippen molar-refractivity contribution < 1.29 is 9.84 Å². The summed E-state index contributed by atoms with van der Waals surface area (Å²) in [5.41, 5.74) is 0. The number of rotatable bonds is 7. The molecule has 0 aromatic carbocycles. The molecule has 0 spiro atoms. The molecule has 0 amide bonds. The van der Waals surface area contributed by atoms with Gasteiger partial charge in [0, 0.05) is 17.5 Å². The average molecular weight is 297 g/mol. The molecule has 1 saturated carbocycles. The molecule has 3 nitrogen and oxygen atoms in total. The Labute approximate surface area is 126 Å². The first-order valence-electron chi connectivity index (χ1n) is 7.68. The quantitative estimate of drug-likeness (QED) is 0.813. The Morgan fingerprint density at radius 1 is 1.45 bits per heavy atom. The van der Waals surface area contributed by atoms with Gasteiger partial charge < -0.3 is 15.2 Å². The third-order valence-corrected chi connectivity index (χ3v) is 5.31. The van der Waals surface area contributed by atoms with Gasteiger partial charge in [-0.05, 0) is 29.7 Å². The number of hydrogen-bond donors (Lipinski definition) is 2. The summed E-state index contributed by atoms with van der Waals surface area (Å²) in [5.74, 6) is 1.48. The van der Waals surface area contributed by atoms with Crippen LogP contribution in [0.25, 0.3) is 0 Å². The summed E-state index contributed by atoms with van der Waals surface area (Å²) in [7, 11) is 0. The van der Waals surface area contributed by atoms with E-state index in [-0.39, 0.29) is 0 Å². The fraction of sp³-hybridized carbons (Fsp3) is 0.750. The zero-order valence-corrected chi connectivity index (χ0v) is 13.4. The lowest BCUT2D eigenvalue weighted by atomic mass is 9.78. The summed E-state index contributed by atoms with van der Waals surface area (Å²) >= 11 is 1.69. The van der Waals surface area contributed by atoms with E-state index in [0.29, 0.717) is 31.7 Å². The number of nitrogens with one attached hydrogen (secondary N) is 1. The molecular formula is C16H27NO2S. The van der Waals surface area contributed by atoms with Crippen molar-refractivity contribution in [1.82, 2.24) is 5.32 Å². The molecule has 20 heavy (non-hydrogen) atoms. The second-order valence-electron chi connectivity index (χ2n) is 6.03. The van der Waals surface area contributed by atoms with E-state index in [1.165, 1.54) is 24.1 Å². The highest BCUT2D eigenvalue weighted by Crippen LogP contribution is 2.29. The molecule has 0 saturated heterocycles. The molecule has 4 unspecified atom stereocenters. The topological polar surface area (TPSA) is 41.5 Å². The van der Waals surface area contributed by atoms with E-state index in [1.54, 1.807) is 11.3 Å². The van der Waals surface area contributed by atoms with E-state index in [9.17, 15) is 5.11 Å². The Balaban J connectivity index is 1.60. The fourth-order valence-corrected chi connectivity index (χ4v) is 3.55. The number of ether oxygens (including phenoxy) is 1. The average Bonchev–Trinajstić information content (AvgIpc) is 2.94. The number of thiophene rings is 1. The maximum atomic E-state index is 9.98. The van der Waals surface area contributed by atoms with Crippen LogP contribution in [0.4, 0.5) is 0 Å². The van der Waals surface area contributed by atoms with Gasteiger partial charge in [0.1, 0.15) is 0 Å². The number of aliphatic hydroxyl groups is 1. The minimum absolute atomic E-state index is 0.404. The Kier molecular flexibility index (Phi) is 6.49. The van der Waals surface area contributed by atoms with Crippen LogP contribution >= 0.6 is 11.3 Å². The Bertz CT molecular complexity index is 369. The molecule has 2 rings (SSSR count). The van der Waals surface area contributed by atoms with E-state index < -0.39 is 6.10 Å². The van der Waals surface area contributed by atoms with Crippen LogP contribution in [-0.2, 0) is 11.3 Å². The predicted octanol–water partition coefficient (Wildman–Crippen LogP) is 3.04. The molecule has 1 fully saturated rings. The molecule has 1 aromatic rings. The van der Waals surface area contributed by atoms with Crippen LogP contribution in [0, 0.1) is 11.8 Å². The van der Waals surface area contributed by atoms with E-state index in [0.717, 1.165) is 5.92 Å². The van der Waals surface area contributed by atoms with E-state index >= 15 is 0 Å². The van der Waals surface area contributed by atoms with Crippen molar-refractivity contribution in [2.45, 2.75) is 51.9 Å². The standard InChI is InChI=1S/C16H27NO2S/c1-12-5-3-7-16(13(12)2)17-9-14(18)10-19-11-15-6-4-8-20-15/h4,6,8,12-14,16-18H,3,5,7,9-11H2,1-2H3. The van der Waals surface area contributed by atoms with Gasteiger partial charge in [0.15, 0.2) is 0 Å². The van der Waals surface area contributed by atoms with Crippen molar-refractivity contribution in [2.24, 2.45) is 11.8 Å². The minimum Gasteiger partial charge on any atom is -0.389 e. The van der Waals surface area contributed by atoms with Crippen LogP contribution in [0.15, 0.2) is 17.5 Å². The largest absolute Gasteiger partial charge is 0.389 e. The molecule has 1 aliphatic carbocycles. The van der Waals surface area contributed by atoms with E-state index in [1.807, 2.05) is 11.4 Å². The van der Waals surface area contributed by atoms with Gasteiger partial charge in [-0.25, -0.2) is 0 Å². The smallest absolute Gasteiger partial charge is 0.0897 e. The SMILES string of the molecule is CC1CCCC(NCC(O)COCc2cccs2)C1C. The van der Waals surface area contributed by atoms with Crippen molar-refractivity contribution in [3.05, 3.63) is 22.4 Å². The monoisotopic (exact) mass is 297 g/mol. The lowest BCUT2D eigenvalue weighted by molar-refractivity contribution is 0.0260. The molecule has 0 radical (unpaired) electrons. The molecule has 0 aliphatic heterocycles. The van der Waals surface area contributed by atoms with Crippen LogP contribution < -0.4 is 5.32 Å². The molecule has 1 heterocycles. The first-order valence-corrected chi connectivity index (χ1v) is 8.56. The van der Waals surface area contributed by atoms with Crippen LogP contribution in [0.2, 0.25) is 0 Å². The van der Waals surface area contributed by atoms with Crippen LogP contribution in [0.5, 0.6) is 0 Å². The van der Waals surface area contributed by atoms with Crippen molar-refractivity contribution in [2.75, 3.05) is 13.2 Å². The molecule has 2 N–H and O–H groups in total. The summed E-state index contributed by atoms with van der Waals surface area (Å²) in [4.78, 5) is 1.21. The van der Waals surface area contributed by atoms with Gasteiger partial charge in [-0.15, -0.1) is 11.3 Å². The maximum absolute atomic E-state index is 9.98. The first-order chi connectivity index (χ1) is 9.66. The van der Waals surface area contributed by atoms with Gasteiger partial charge in [-0.1, -0.05) is 32.8 Å². The summed E-state index contributed by atoms with van der Waals surface area (Å²) in [6.07, 6.45) is 3.45. The fourth-order valence-electron chi connectivity index (χ4n) is 2.91. The van der Waals surface area contributed by atoms with Gasteiger partial charge >= 0.3 is 0 Å². The van der Waals surface area contributed by atoms with Crippen LogP contribution in [-0.4, -0.2) is 30.4 Å². The lowest BCUT2D eigenvalue weighted by Crippen LogP contribution is -2.44. The predicted molar refractivity (Wildman–Crippen MR) is 84.0 cm³/mol. The molecule has 114 valence electrons. The highest BCUT2D eigenvalue weighted by Gasteiger charge is 2.26. The van der Waals surface area contributed by atoms with Crippen LogP contribution in [0.3, 0.4) is 0 Å². The Hall–Kier alpha value is -0.420. The molecule has 1 aromatic heterocycles. The molecule has 4 atom stereocenters. The van der Waals surface area contributed by atoms with Crippen molar-refractivity contribution in [1.29, 1.82) is 0 Å². The first kappa shape index (κ1) is 16.0. The second kappa shape index (κ2) is 8.13. The van der Waals surface area contributed by atoms with Gasteiger partial charge in [0.05, 0.1) is 19.3 Å². The van der Waals surface area contributed by atoms with Crippen molar-refractivity contribution in [3.8, 4) is 0 Å². The zero-order chi connectivity index (χ0) is 14.4. The summed E-state index contributed by atoms with van der Waals surface area (Å²) < 4.78 is 5.55. The summed E-state index contributed by atoms with van der Waals surface area (Å²) in [6, 6.07) is 4.62.